The quantitative estimate of drug-likeness (QED) is 0.721. The van der Waals surface area contributed by atoms with E-state index in [9.17, 15) is 4.79 Å². The third-order valence-electron chi connectivity index (χ3n) is 7.60. The van der Waals surface area contributed by atoms with Crippen molar-refractivity contribution in [2.24, 2.45) is 11.8 Å². The summed E-state index contributed by atoms with van der Waals surface area (Å²) in [6, 6.07) is 6.41. The van der Waals surface area contributed by atoms with Crippen LogP contribution in [0, 0.1) is 11.8 Å². The summed E-state index contributed by atoms with van der Waals surface area (Å²) in [4.78, 5) is 17.9. The molecule has 0 spiro atoms. The van der Waals surface area contributed by atoms with Gasteiger partial charge < -0.3 is 9.32 Å². The second-order valence-corrected chi connectivity index (χ2v) is 9.93. The van der Waals surface area contributed by atoms with Crippen molar-refractivity contribution in [2.45, 2.75) is 58.4 Å². The van der Waals surface area contributed by atoms with Crippen molar-refractivity contribution in [2.75, 3.05) is 32.7 Å². The Morgan fingerprint density at radius 3 is 2.38 bits per heavy atom. The fraction of sp³-hybridized carbons (Fsp3) is 0.640. The lowest BCUT2D eigenvalue weighted by Gasteiger charge is -2.31. The first-order chi connectivity index (χ1) is 14.1. The van der Waals surface area contributed by atoms with E-state index in [2.05, 4.69) is 41.8 Å². The summed E-state index contributed by atoms with van der Waals surface area (Å²) in [7, 11) is 0. The summed E-state index contributed by atoms with van der Waals surface area (Å²) in [6.45, 7) is 10.9. The highest BCUT2D eigenvalue weighted by Gasteiger charge is 2.30. The lowest BCUT2D eigenvalue weighted by atomic mass is 9.84. The van der Waals surface area contributed by atoms with Crippen LogP contribution < -0.4 is 5.63 Å². The first-order valence-corrected chi connectivity index (χ1v) is 11.6. The Bertz CT molecular complexity index is 926. The Morgan fingerprint density at radius 1 is 1.00 bits per heavy atom. The molecule has 1 aromatic heterocycles. The molecule has 3 fully saturated rings. The number of nitrogens with zero attached hydrogens (tertiary/aromatic N) is 2. The SMILES string of the molecule is CC(C)c1ccc2c3c(c(=O)oc2c1)CN(CCN1CC2CCC(CC2)C1)CC3. The molecule has 4 heteroatoms. The van der Waals surface area contributed by atoms with Crippen molar-refractivity contribution in [3.05, 3.63) is 45.3 Å². The second-order valence-electron chi connectivity index (χ2n) is 9.93. The molecule has 156 valence electrons. The van der Waals surface area contributed by atoms with Gasteiger partial charge in [-0.05, 0) is 67.1 Å². The minimum Gasteiger partial charge on any atom is -0.422 e. The van der Waals surface area contributed by atoms with Crippen LogP contribution in [0.3, 0.4) is 0 Å². The van der Waals surface area contributed by atoms with Gasteiger partial charge in [0, 0.05) is 44.7 Å². The molecular formula is C25H34N2O2. The van der Waals surface area contributed by atoms with Gasteiger partial charge in [0.1, 0.15) is 5.58 Å². The van der Waals surface area contributed by atoms with Crippen LogP contribution in [-0.4, -0.2) is 42.5 Å². The van der Waals surface area contributed by atoms with E-state index in [-0.39, 0.29) is 5.63 Å². The van der Waals surface area contributed by atoms with Crippen LogP contribution in [0.15, 0.2) is 27.4 Å². The molecule has 1 saturated carbocycles. The number of hydrogen-bond acceptors (Lipinski definition) is 4. The highest BCUT2D eigenvalue weighted by Crippen LogP contribution is 2.34. The lowest BCUT2D eigenvalue weighted by Crippen LogP contribution is -2.40. The van der Waals surface area contributed by atoms with Crippen LogP contribution in [-0.2, 0) is 13.0 Å². The molecule has 0 radical (unpaired) electrons. The largest absolute Gasteiger partial charge is 0.422 e. The highest BCUT2D eigenvalue weighted by molar-refractivity contribution is 5.82. The monoisotopic (exact) mass is 394 g/mol. The molecule has 2 bridgehead atoms. The van der Waals surface area contributed by atoms with Crippen LogP contribution in [0.5, 0.6) is 0 Å². The van der Waals surface area contributed by atoms with Gasteiger partial charge in [0.15, 0.2) is 0 Å². The third-order valence-corrected chi connectivity index (χ3v) is 7.60. The maximum absolute atomic E-state index is 12.7. The van der Waals surface area contributed by atoms with E-state index in [0.717, 1.165) is 61.0 Å². The molecule has 0 N–H and O–H groups in total. The topological polar surface area (TPSA) is 36.7 Å². The van der Waals surface area contributed by atoms with Gasteiger partial charge in [0.2, 0.25) is 0 Å². The minimum absolute atomic E-state index is 0.133. The molecule has 6 rings (SSSR count). The van der Waals surface area contributed by atoms with Crippen LogP contribution >= 0.6 is 0 Å². The predicted octanol–water partition coefficient (Wildman–Crippen LogP) is 4.40. The van der Waals surface area contributed by atoms with Crippen molar-refractivity contribution >= 4 is 11.0 Å². The van der Waals surface area contributed by atoms with E-state index in [1.165, 1.54) is 49.9 Å². The van der Waals surface area contributed by atoms with Crippen molar-refractivity contribution < 1.29 is 4.42 Å². The minimum atomic E-state index is -0.133. The number of benzene rings is 1. The lowest BCUT2D eigenvalue weighted by molar-refractivity contribution is 0.182. The summed E-state index contributed by atoms with van der Waals surface area (Å²) < 4.78 is 5.75. The summed E-state index contributed by atoms with van der Waals surface area (Å²) in [5.41, 5.74) is 3.96. The maximum atomic E-state index is 12.7. The fourth-order valence-corrected chi connectivity index (χ4v) is 5.75. The molecule has 0 unspecified atom stereocenters. The van der Waals surface area contributed by atoms with Gasteiger partial charge in [0.05, 0.1) is 5.56 Å². The van der Waals surface area contributed by atoms with E-state index >= 15 is 0 Å². The highest BCUT2D eigenvalue weighted by atomic mass is 16.4. The average molecular weight is 395 g/mol. The molecule has 4 nitrogen and oxygen atoms in total. The normalized spacial score (nSPS) is 25.5. The molecule has 2 aromatic rings. The Balaban J connectivity index is 1.30. The fourth-order valence-electron chi connectivity index (χ4n) is 5.75. The summed E-state index contributed by atoms with van der Waals surface area (Å²) in [6.07, 6.45) is 6.69. The average Bonchev–Trinajstić information content (AvgIpc) is 3.05. The number of fused-ring (bicyclic) bond motifs is 7. The zero-order valence-electron chi connectivity index (χ0n) is 18.0. The summed E-state index contributed by atoms with van der Waals surface area (Å²) >= 11 is 0. The first-order valence-electron chi connectivity index (χ1n) is 11.6. The number of rotatable bonds is 4. The standard InChI is InChI=1S/C25H34N2O2/c1-17(2)20-7-8-22-21-9-10-26(16-23(21)25(28)29-24(22)13-20)11-12-27-14-18-3-4-19(15-27)6-5-18/h7-8,13,17-19H,3-6,9-12,14-16H2,1-2H3. The Kier molecular flexibility index (Phi) is 5.25. The van der Waals surface area contributed by atoms with Crippen molar-refractivity contribution in [1.82, 2.24) is 9.80 Å². The van der Waals surface area contributed by atoms with Crippen molar-refractivity contribution in [3.63, 3.8) is 0 Å². The first kappa shape index (κ1) is 19.3. The predicted molar refractivity (Wildman–Crippen MR) is 117 cm³/mol. The van der Waals surface area contributed by atoms with E-state index in [1.54, 1.807) is 0 Å². The van der Waals surface area contributed by atoms with E-state index < -0.39 is 0 Å². The van der Waals surface area contributed by atoms with Crippen LogP contribution in [0.2, 0.25) is 0 Å². The molecule has 29 heavy (non-hydrogen) atoms. The molecule has 0 atom stereocenters. The molecule has 1 aliphatic carbocycles. The molecule has 2 saturated heterocycles. The molecule has 4 aliphatic rings. The van der Waals surface area contributed by atoms with Crippen molar-refractivity contribution in [1.29, 1.82) is 0 Å². The van der Waals surface area contributed by atoms with Crippen LogP contribution in [0.25, 0.3) is 11.0 Å². The van der Waals surface area contributed by atoms with E-state index in [0.29, 0.717) is 5.92 Å². The van der Waals surface area contributed by atoms with Gasteiger partial charge in [-0.25, -0.2) is 4.79 Å². The zero-order chi connectivity index (χ0) is 20.0. The van der Waals surface area contributed by atoms with Crippen molar-refractivity contribution in [3.8, 4) is 0 Å². The van der Waals surface area contributed by atoms with Gasteiger partial charge in [-0.15, -0.1) is 0 Å². The second kappa shape index (κ2) is 7.88. The Hall–Kier alpha value is -1.65. The van der Waals surface area contributed by atoms with Gasteiger partial charge in [-0.2, -0.15) is 0 Å². The number of hydrogen-bond donors (Lipinski definition) is 0. The maximum Gasteiger partial charge on any atom is 0.341 e. The smallest absolute Gasteiger partial charge is 0.341 e. The molecule has 0 amide bonds. The van der Waals surface area contributed by atoms with Gasteiger partial charge >= 0.3 is 5.63 Å². The molecule has 4 heterocycles. The summed E-state index contributed by atoms with van der Waals surface area (Å²) in [5, 5.41) is 1.13. The van der Waals surface area contributed by atoms with Gasteiger partial charge in [0.25, 0.3) is 0 Å². The Morgan fingerprint density at radius 2 is 1.69 bits per heavy atom. The van der Waals surface area contributed by atoms with Gasteiger partial charge in [-0.3, -0.25) is 4.90 Å². The molecular weight excluding hydrogens is 360 g/mol. The van der Waals surface area contributed by atoms with E-state index in [4.69, 9.17) is 4.42 Å². The Labute approximate surface area is 173 Å². The van der Waals surface area contributed by atoms with E-state index in [1.807, 2.05) is 0 Å². The zero-order valence-corrected chi connectivity index (χ0v) is 18.0. The third kappa shape index (κ3) is 3.89. The van der Waals surface area contributed by atoms with Gasteiger partial charge in [-0.1, -0.05) is 26.0 Å². The molecule has 3 aliphatic heterocycles. The van der Waals surface area contributed by atoms with Crippen LogP contribution in [0.1, 0.15) is 62.1 Å². The molecule has 1 aromatic carbocycles. The summed E-state index contributed by atoms with van der Waals surface area (Å²) in [5.74, 6) is 2.28. The van der Waals surface area contributed by atoms with Crippen LogP contribution in [0.4, 0.5) is 0 Å².